The summed E-state index contributed by atoms with van der Waals surface area (Å²) in [6.45, 7) is 5.24. The van der Waals surface area contributed by atoms with Gasteiger partial charge in [-0.2, -0.15) is 0 Å². The summed E-state index contributed by atoms with van der Waals surface area (Å²) in [4.78, 5) is 39.7. The number of aliphatic hydroxyl groups excluding tert-OH is 4. The maximum atomic E-state index is 13.0. The van der Waals surface area contributed by atoms with Crippen molar-refractivity contribution in [1.82, 2.24) is 10.6 Å². The highest BCUT2D eigenvalue weighted by Gasteiger charge is 2.30. The average molecular weight is 675 g/mol. The molecule has 0 heterocycles. The molecule has 1 aromatic carbocycles. The quantitative estimate of drug-likeness (QED) is 0.141. The van der Waals surface area contributed by atoms with Crippen molar-refractivity contribution in [1.29, 1.82) is 0 Å². The third-order valence-electron chi connectivity index (χ3n) is 4.44. The molecule has 0 aliphatic rings. The van der Waals surface area contributed by atoms with Gasteiger partial charge in [-0.25, -0.2) is 0 Å². The van der Waals surface area contributed by atoms with E-state index in [0.717, 1.165) is 0 Å². The molecule has 2 unspecified atom stereocenters. The van der Waals surface area contributed by atoms with Gasteiger partial charge in [0, 0.05) is 26.6 Å². The lowest BCUT2D eigenvalue weighted by atomic mass is 9.98. The minimum atomic E-state index is -1.16. The second-order valence-electron chi connectivity index (χ2n) is 6.86. The van der Waals surface area contributed by atoms with E-state index in [9.17, 15) is 24.6 Å². The Morgan fingerprint density at radius 1 is 1.00 bits per heavy atom. The van der Waals surface area contributed by atoms with Crippen LogP contribution in [-0.4, -0.2) is 83.2 Å². The molecule has 0 saturated carbocycles. The molecule has 0 fully saturated rings. The number of aliphatic hydroxyl groups is 4. The van der Waals surface area contributed by atoms with Gasteiger partial charge in [-0.15, -0.1) is 6.58 Å². The number of halogens is 2. The third-order valence-corrected chi connectivity index (χ3v) is 6.54. The van der Waals surface area contributed by atoms with Gasteiger partial charge >= 0.3 is 0 Å². The lowest BCUT2D eigenvalue weighted by Crippen LogP contribution is -2.38. The van der Waals surface area contributed by atoms with Gasteiger partial charge in [-0.1, -0.05) is 6.08 Å². The number of nitrogens with one attached hydrogen (secondary N) is 2. The largest absolute Gasteiger partial charge is 0.394 e. The van der Waals surface area contributed by atoms with E-state index in [4.69, 9.17) is 10.2 Å². The normalized spacial score (nSPS) is 12.6. The highest BCUT2D eigenvalue weighted by atomic mass is 127. The van der Waals surface area contributed by atoms with E-state index >= 15 is 0 Å². The molecule has 0 saturated heterocycles. The summed E-state index contributed by atoms with van der Waals surface area (Å²) in [7, 11) is 0. The van der Waals surface area contributed by atoms with Gasteiger partial charge in [0.2, 0.25) is 5.91 Å². The van der Waals surface area contributed by atoms with Crippen LogP contribution >= 0.6 is 45.2 Å². The van der Waals surface area contributed by atoms with E-state index < -0.39 is 37.2 Å². The number of hydrogen-bond acceptors (Lipinski definition) is 7. The predicted molar refractivity (Wildman–Crippen MR) is 136 cm³/mol. The zero-order valence-corrected chi connectivity index (χ0v) is 22.0. The molecule has 6 N–H and O–H groups in total. The van der Waals surface area contributed by atoms with Crippen LogP contribution in [-0.2, 0) is 4.79 Å². The van der Waals surface area contributed by atoms with Crippen LogP contribution in [0.15, 0.2) is 12.7 Å². The van der Waals surface area contributed by atoms with Gasteiger partial charge < -0.3 is 36.0 Å². The minimum absolute atomic E-state index is 0.134. The molecule has 2 atom stereocenters. The lowest BCUT2D eigenvalue weighted by Gasteiger charge is -2.27. The number of nitrogens with zero attached hydrogens (tertiary/aromatic N) is 1. The average Bonchev–Trinajstić information content (AvgIpc) is 2.74. The van der Waals surface area contributed by atoms with E-state index in [2.05, 4.69) is 17.2 Å². The van der Waals surface area contributed by atoms with Crippen LogP contribution in [0.2, 0.25) is 0 Å². The lowest BCUT2D eigenvalue weighted by molar-refractivity contribution is -0.116. The van der Waals surface area contributed by atoms with Gasteiger partial charge in [0.25, 0.3) is 11.8 Å². The first-order valence-corrected chi connectivity index (χ1v) is 11.7. The van der Waals surface area contributed by atoms with Crippen molar-refractivity contribution in [2.24, 2.45) is 0 Å². The second-order valence-corrected chi connectivity index (χ2v) is 9.02. The highest BCUT2D eigenvalue weighted by Crippen LogP contribution is 2.37. The van der Waals surface area contributed by atoms with Crippen LogP contribution in [0, 0.1) is 14.1 Å². The van der Waals surface area contributed by atoms with E-state index in [0.29, 0.717) is 18.4 Å². The predicted octanol–water partition coefficient (Wildman–Crippen LogP) is -0.0909. The Hall–Kier alpha value is -1.33. The molecule has 10 nitrogen and oxygen atoms in total. The Balaban J connectivity index is 3.68. The Labute approximate surface area is 213 Å². The minimum Gasteiger partial charge on any atom is -0.394 e. The maximum Gasteiger partial charge on any atom is 0.252 e. The topological polar surface area (TPSA) is 159 Å². The molecule has 0 aromatic heterocycles. The molecule has 3 amide bonds. The SMILES string of the molecule is C=CCN(C(C)=O)c1c(I)c(C(=O)NCC(O)CO)c(C)c(C(=O)NCC(O)CO)c1I. The number of hydrogen-bond donors (Lipinski definition) is 6. The Morgan fingerprint density at radius 2 is 1.41 bits per heavy atom. The number of benzene rings is 1. The maximum absolute atomic E-state index is 13.0. The summed E-state index contributed by atoms with van der Waals surface area (Å²) < 4.78 is 0.842. The number of amides is 3. The number of carbonyl (C=O) groups is 3. The second kappa shape index (κ2) is 13.4. The number of rotatable bonds is 11. The highest BCUT2D eigenvalue weighted by molar-refractivity contribution is 14.1. The van der Waals surface area contributed by atoms with Gasteiger partial charge in [-0.05, 0) is 57.7 Å². The van der Waals surface area contributed by atoms with Crippen molar-refractivity contribution in [3.05, 3.63) is 36.5 Å². The van der Waals surface area contributed by atoms with E-state index in [-0.39, 0.29) is 36.7 Å². The summed E-state index contributed by atoms with van der Waals surface area (Å²) >= 11 is 3.86. The number of anilines is 1. The fourth-order valence-electron chi connectivity index (χ4n) is 2.80. The Kier molecular flexibility index (Phi) is 12.0. The molecular weight excluding hydrogens is 648 g/mol. The summed E-state index contributed by atoms with van der Waals surface area (Å²) in [6, 6.07) is 0. The summed E-state index contributed by atoms with van der Waals surface area (Å²) in [6.07, 6.45) is -0.794. The monoisotopic (exact) mass is 675 g/mol. The van der Waals surface area contributed by atoms with Crippen molar-refractivity contribution in [2.45, 2.75) is 26.1 Å². The van der Waals surface area contributed by atoms with Gasteiger partial charge in [-0.3, -0.25) is 14.4 Å². The van der Waals surface area contributed by atoms with Gasteiger partial charge in [0.15, 0.2) is 0 Å². The van der Waals surface area contributed by atoms with Crippen molar-refractivity contribution >= 4 is 68.6 Å². The summed E-state index contributed by atoms with van der Waals surface area (Å²) in [5.41, 5.74) is 0.949. The van der Waals surface area contributed by atoms with Crippen molar-refractivity contribution in [3.8, 4) is 0 Å². The molecule has 32 heavy (non-hydrogen) atoms. The van der Waals surface area contributed by atoms with Crippen molar-refractivity contribution < 1.29 is 34.8 Å². The van der Waals surface area contributed by atoms with Crippen molar-refractivity contribution in [2.75, 3.05) is 37.7 Å². The Bertz CT molecular complexity index is 826. The fourth-order valence-corrected chi connectivity index (χ4v) is 5.73. The third kappa shape index (κ3) is 7.08. The standard InChI is InChI=1S/C20H27I2N3O7/c1-4-5-25(11(3)28)18-16(21)14(19(31)23-6-12(29)8-26)10(2)15(17(18)22)20(32)24-7-13(30)9-27/h4,12-13,26-27,29-30H,1,5-9H2,2-3H3,(H,23,31)(H,24,32). The van der Waals surface area contributed by atoms with Crippen LogP contribution in [0.1, 0.15) is 33.2 Å². The van der Waals surface area contributed by atoms with E-state index in [1.807, 2.05) is 45.2 Å². The Morgan fingerprint density at radius 3 is 1.72 bits per heavy atom. The molecule has 0 aliphatic heterocycles. The van der Waals surface area contributed by atoms with E-state index in [1.165, 1.54) is 17.9 Å². The number of carbonyl (C=O) groups excluding carboxylic acids is 3. The molecule has 0 radical (unpaired) electrons. The molecule has 0 spiro atoms. The smallest absolute Gasteiger partial charge is 0.252 e. The molecule has 0 bridgehead atoms. The van der Waals surface area contributed by atoms with Gasteiger partial charge in [0.1, 0.15) is 0 Å². The van der Waals surface area contributed by atoms with Crippen LogP contribution in [0.3, 0.4) is 0 Å². The van der Waals surface area contributed by atoms with E-state index in [1.54, 1.807) is 6.92 Å². The summed E-state index contributed by atoms with van der Waals surface area (Å²) in [5, 5.41) is 42.2. The van der Waals surface area contributed by atoms with Crippen LogP contribution in [0.4, 0.5) is 5.69 Å². The molecule has 12 heteroatoms. The van der Waals surface area contributed by atoms with Crippen LogP contribution < -0.4 is 15.5 Å². The summed E-state index contributed by atoms with van der Waals surface area (Å²) in [5.74, 6) is -1.51. The first kappa shape index (κ1) is 28.7. The van der Waals surface area contributed by atoms with Crippen molar-refractivity contribution in [3.63, 3.8) is 0 Å². The fraction of sp³-hybridized carbons (Fsp3) is 0.450. The first-order chi connectivity index (χ1) is 15.0. The van der Waals surface area contributed by atoms with Crippen LogP contribution in [0.25, 0.3) is 0 Å². The first-order valence-electron chi connectivity index (χ1n) is 9.56. The molecule has 1 aromatic rings. The van der Waals surface area contributed by atoms with Gasteiger partial charge in [0.05, 0.1) is 49.4 Å². The molecule has 1 rings (SSSR count). The van der Waals surface area contributed by atoms with Crippen LogP contribution in [0.5, 0.6) is 0 Å². The zero-order chi connectivity index (χ0) is 24.6. The molecule has 0 aliphatic carbocycles. The molecular formula is C20H27I2N3O7. The zero-order valence-electron chi connectivity index (χ0n) is 17.7. The molecule has 178 valence electrons.